The molecule has 0 aliphatic heterocycles. The largest absolute Gasteiger partial charge is 0.495 e. The van der Waals surface area contributed by atoms with Crippen molar-refractivity contribution in [1.82, 2.24) is 4.98 Å². The predicted molar refractivity (Wildman–Crippen MR) is 128 cm³/mol. The lowest BCUT2D eigenvalue weighted by atomic mass is 10.1. The van der Waals surface area contributed by atoms with Crippen LogP contribution in [0.2, 0.25) is 5.02 Å². The molecule has 0 saturated carbocycles. The van der Waals surface area contributed by atoms with E-state index in [1.54, 1.807) is 36.4 Å². The molecule has 0 unspecified atom stereocenters. The van der Waals surface area contributed by atoms with E-state index >= 15 is 0 Å². The van der Waals surface area contributed by atoms with Crippen molar-refractivity contribution in [2.45, 2.75) is 0 Å². The average Bonchev–Trinajstić information content (AvgIpc) is 3.22. The first-order chi connectivity index (χ1) is 15.5. The van der Waals surface area contributed by atoms with Crippen LogP contribution in [0.1, 0.15) is 20.7 Å². The summed E-state index contributed by atoms with van der Waals surface area (Å²) < 4.78 is 5.13. The van der Waals surface area contributed by atoms with Crippen LogP contribution >= 0.6 is 22.9 Å². The number of halogens is 1. The van der Waals surface area contributed by atoms with Gasteiger partial charge in [-0.25, -0.2) is 4.98 Å². The topological polar surface area (TPSA) is 80.3 Å². The van der Waals surface area contributed by atoms with E-state index in [1.807, 2.05) is 36.4 Å². The van der Waals surface area contributed by atoms with Gasteiger partial charge in [0.25, 0.3) is 11.8 Å². The van der Waals surface area contributed by atoms with Crippen LogP contribution in [0.3, 0.4) is 0 Å². The molecule has 0 aliphatic rings. The Balaban J connectivity index is 1.62. The Hall–Kier alpha value is -3.68. The minimum Gasteiger partial charge on any atom is -0.495 e. The third-order valence-corrected chi connectivity index (χ3v) is 5.75. The van der Waals surface area contributed by atoms with Crippen LogP contribution in [0.5, 0.6) is 5.75 Å². The van der Waals surface area contributed by atoms with E-state index in [9.17, 15) is 9.59 Å². The molecule has 1 aromatic heterocycles. The van der Waals surface area contributed by atoms with Crippen LogP contribution in [0, 0.1) is 0 Å². The fraction of sp³-hybridized carbons (Fsp3) is 0.0417. The Morgan fingerprint density at radius 2 is 1.53 bits per heavy atom. The fourth-order valence-electron chi connectivity index (χ4n) is 2.99. The molecule has 4 rings (SSSR count). The lowest BCUT2D eigenvalue weighted by Gasteiger charge is -2.05. The molecule has 32 heavy (non-hydrogen) atoms. The summed E-state index contributed by atoms with van der Waals surface area (Å²) in [5.41, 5.74) is 2.28. The molecule has 0 radical (unpaired) electrons. The molecule has 2 N–H and O–H groups in total. The van der Waals surface area contributed by atoms with E-state index in [-0.39, 0.29) is 11.8 Å². The molecule has 4 aromatic rings. The summed E-state index contributed by atoms with van der Waals surface area (Å²) in [6.07, 6.45) is 0. The van der Waals surface area contributed by atoms with E-state index in [1.165, 1.54) is 24.5 Å². The van der Waals surface area contributed by atoms with Crippen molar-refractivity contribution >= 4 is 44.9 Å². The van der Waals surface area contributed by atoms with Gasteiger partial charge in [0.2, 0.25) is 0 Å². The van der Waals surface area contributed by atoms with Gasteiger partial charge in [0, 0.05) is 16.7 Å². The number of amides is 2. The highest BCUT2D eigenvalue weighted by Crippen LogP contribution is 2.36. The molecule has 0 bridgehead atoms. The van der Waals surface area contributed by atoms with Crippen molar-refractivity contribution in [1.29, 1.82) is 0 Å². The van der Waals surface area contributed by atoms with E-state index in [0.29, 0.717) is 37.7 Å². The molecule has 0 saturated heterocycles. The molecule has 1 heterocycles. The van der Waals surface area contributed by atoms with Crippen LogP contribution in [0.15, 0.2) is 78.9 Å². The molecule has 6 nitrogen and oxygen atoms in total. The molecule has 0 spiro atoms. The van der Waals surface area contributed by atoms with Crippen molar-refractivity contribution in [3.63, 3.8) is 0 Å². The first kappa shape index (κ1) is 21.5. The molecular weight excluding hydrogens is 446 g/mol. The lowest BCUT2D eigenvalue weighted by Crippen LogP contribution is -2.11. The van der Waals surface area contributed by atoms with Crippen LogP contribution in [-0.4, -0.2) is 23.9 Å². The first-order valence-electron chi connectivity index (χ1n) is 9.62. The molecular formula is C24H18ClN3O3S. The highest BCUT2D eigenvalue weighted by molar-refractivity contribution is 7.20. The summed E-state index contributed by atoms with van der Waals surface area (Å²) in [5.74, 6) is -0.148. The Bertz CT molecular complexity index is 1260. The maximum atomic E-state index is 12.7. The smallest absolute Gasteiger partial charge is 0.257 e. The zero-order chi connectivity index (χ0) is 22.5. The number of aromatic nitrogens is 1. The number of ether oxygens (including phenoxy) is 1. The molecule has 160 valence electrons. The number of carbonyl (C=O) groups excluding carboxylic acids is 2. The summed E-state index contributed by atoms with van der Waals surface area (Å²) in [5, 5.41) is 6.92. The standard InChI is InChI=1S/C24H18ClN3O3S/c1-31-19-13-12-17(14-18(19)25)22(30)28-24-26-20(15-8-4-2-5-9-15)23(32-24)27-21(29)16-10-6-3-7-11-16/h2-14H,1H3,(H,27,29)(H,26,28,30). The number of thiazole rings is 1. The number of rotatable bonds is 6. The summed E-state index contributed by atoms with van der Waals surface area (Å²) in [6, 6.07) is 23.1. The van der Waals surface area contributed by atoms with Crippen molar-refractivity contribution in [2.24, 2.45) is 0 Å². The molecule has 0 atom stereocenters. The minimum absolute atomic E-state index is 0.258. The van der Waals surface area contributed by atoms with Crippen molar-refractivity contribution < 1.29 is 14.3 Å². The maximum absolute atomic E-state index is 12.7. The monoisotopic (exact) mass is 463 g/mol. The third kappa shape index (κ3) is 4.80. The molecule has 0 fully saturated rings. The second-order valence-electron chi connectivity index (χ2n) is 6.69. The van der Waals surface area contributed by atoms with Gasteiger partial charge in [-0.2, -0.15) is 0 Å². The third-order valence-electron chi connectivity index (χ3n) is 4.57. The zero-order valence-corrected chi connectivity index (χ0v) is 18.5. The van der Waals surface area contributed by atoms with Gasteiger partial charge < -0.3 is 10.1 Å². The van der Waals surface area contributed by atoms with Gasteiger partial charge in [-0.15, -0.1) is 0 Å². The second-order valence-corrected chi connectivity index (χ2v) is 8.09. The number of anilines is 2. The average molecular weight is 464 g/mol. The molecule has 3 aromatic carbocycles. The van der Waals surface area contributed by atoms with Gasteiger partial charge in [-0.1, -0.05) is 71.5 Å². The van der Waals surface area contributed by atoms with E-state index in [0.717, 1.165) is 5.56 Å². The van der Waals surface area contributed by atoms with Crippen LogP contribution in [0.4, 0.5) is 10.1 Å². The fourth-order valence-corrected chi connectivity index (χ4v) is 4.13. The number of carbonyl (C=O) groups is 2. The number of hydrogen-bond donors (Lipinski definition) is 2. The van der Waals surface area contributed by atoms with Gasteiger partial charge in [0.1, 0.15) is 16.4 Å². The van der Waals surface area contributed by atoms with E-state index < -0.39 is 0 Å². The summed E-state index contributed by atoms with van der Waals surface area (Å²) in [4.78, 5) is 30.0. The number of methoxy groups -OCH3 is 1. The number of hydrogen-bond acceptors (Lipinski definition) is 5. The summed E-state index contributed by atoms with van der Waals surface area (Å²) >= 11 is 7.32. The van der Waals surface area contributed by atoms with Crippen molar-refractivity contribution in [3.05, 3.63) is 95.0 Å². The number of nitrogens with zero attached hydrogens (tertiary/aromatic N) is 1. The van der Waals surface area contributed by atoms with Crippen LogP contribution in [0.25, 0.3) is 11.3 Å². The Kier molecular flexibility index (Phi) is 6.49. The molecule has 2 amide bonds. The number of benzene rings is 3. The number of nitrogens with one attached hydrogen (secondary N) is 2. The van der Waals surface area contributed by atoms with Crippen LogP contribution in [-0.2, 0) is 0 Å². The Morgan fingerprint density at radius 1 is 0.875 bits per heavy atom. The quantitative estimate of drug-likeness (QED) is 0.368. The zero-order valence-electron chi connectivity index (χ0n) is 17.0. The van der Waals surface area contributed by atoms with Gasteiger partial charge in [0.15, 0.2) is 5.13 Å². The molecule has 0 aliphatic carbocycles. The highest BCUT2D eigenvalue weighted by Gasteiger charge is 2.18. The summed E-state index contributed by atoms with van der Waals surface area (Å²) in [6.45, 7) is 0. The second kappa shape index (κ2) is 9.64. The SMILES string of the molecule is COc1ccc(C(=O)Nc2nc(-c3ccccc3)c(NC(=O)c3ccccc3)s2)cc1Cl. The highest BCUT2D eigenvalue weighted by atomic mass is 35.5. The van der Waals surface area contributed by atoms with Crippen LogP contribution < -0.4 is 15.4 Å². The molecule has 8 heteroatoms. The van der Waals surface area contributed by atoms with Crippen molar-refractivity contribution in [3.8, 4) is 17.0 Å². The Morgan fingerprint density at radius 3 is 2.19 bits per heavy atom. The van der Waals surface area contributed by atoms with Gasteiger partial charge in [-0.05, 0) is 30.3 Å². The van der Waals surface area contributed by atoms with Gasteiger partial charge in [-0.3, -0.25) is 14.9 Å². The first-order valence-corrected chi connectivity index (χ1v) is 10.8. The van der Waals surface area contributed by atoms with E-state index in [4.69, 9.17) is 16.3 Å². The Labute approximate surface area is 193 Å². The van der Waals surface area contributed by atoms with E-state index in [2.05, 4.69) is 15.6 Å². The summed E-state index contributed by atoms with van der Waals surface area (Å²) in [7, 11) is 1.51. The van der Waals surface area contributed by atoms with Gasteiger partial charge in [0.05, 0.1) is 12.1 Å². The lowest BCUT2D eigenvalue weighted by molar-refractivity contribution is 0.101. The predicted octanol–water partition coefficient (Wildman–Crippen LogP) is 5.98. The van der Waals surface area contributed by atoms with Crippen molar-refractivity contribution in [2.75, 3.05) is 17.7 Å². The van der Waals surface area contributed by atoms with Gasteiger partial charge >= 0.3 is 0 Å². The minimum atomic E-state index is -0.371. The normalized spacial score (nSPS) is 10.4. The maximum Gasteiger partial charge on any atom is 0.257 e.